The lowest BCUT2D eigenvalue weighted by Crippen LogP contribution is -2.55. The van der Waals surface area contributed by atoms with Gasteiger partial charge in [0.1, 0.15) is 13.0 Å². The highest BCUT2D eigenvalue weighted by Gasteiger charge is 2.40. The van der Waals surface area contributed by atoms with E-state index in [4.69, 9.17) is 5.11 Å². The van der Waals surface area contributed by atoms with Crippen LogP contribution in [-0.4, -0.2) is 41.2 Å². The summed E-state index contributed by atoms with van der Waals surface area (Å²) < 4.78 is 35.6. The summed E-state index contributed by atoms with van der Waals surface area (Å²) >= 11 is 0. The minimum Gasteiger partial charge on any atom is -0.481 e. The molecule has 9 heteroatoms. The molecule has 0 heterocycles. The molecular weight excluding hydrogens is 281 g/mol. The van der Waals surface area contributed by atoms with E-state index in [0.29, 0.717) is 12.8 Å². The number of alkyl halides is 3. The molecule has 0 spiro atoms. The molecule has 1 aliphatic rings. The van der Waals surface area contributed by atoms with Crippen LogP contribution in [0.3, 0.4) is 0 Å². The lowest BCUT2D eigenvalue weighted by molar-refractivity contribution is -0.142. The summed E-state index contributed by atoms with van der Waals surface area (Å²) in [4.78, 5) is 33.3. The van der Waals surface area contributed by atoms with Gasteiger partial charge in [-0.05, 0) is 19.3 Å². The Morgan fingerprint density at radius 1 is 1.15 bits per heavy atom. The third kappa shape index (κ3) is 5.45. The van der Waals surface area contributed by atoms with Crippen LogP contribution >= 0.6 is 0 Å². The van der Waals surface area contributed by atoms with Gasteiger partial charge in [-0.3, -0.25) is 14.4 Å². The molecule has 0 aromatic carbocycles. The van der Waals surface area contributed by atoms with Gasteiger partial charge < -0.3 is 15.7 Å². The van der Waals surface area contributed by atoms with Crippen LogP contribution < -0.4 is 10.6 Å². The fraction of sp³-hybridized carbons (Fsp3) is 0.727. The summed E-state index contributed by atoms with van der Waals surface area (Å²) in [6.45, 7) is -1.50. The normalized spacial score (nSPS) is 16.9. The van der Waals surface area contributed by atoms with E-state index in [-0.39, 0.29) is 6.42 Å². The Kier molecular flexibility index (Phi) is 4.96. The first-order valence-electron chi connectivity index (χ1n) is 5.98. The number of carbonyl (C=O) groups excluding carboxylic acids is 2. The molecule has 0 atom stereocenters. The summed E-state index contributed by atoms with van der Waals surface area (Å²) in [6, 6.07) is 0. The molecular formula is C11H15F3N2O4. The summed E-state index contributed by atoms with van der Waals surface area (Å²) in [5.41, 5.74) is -0.868. The van der Waals surface area contributed by atoms with Crippen LogP contribution in [0.1, 0.15) is 32.1 Å². The van der Waals surface area contributed by atoms with Crippen LogP contribution in [0.15, 0.2) is 0 Å². The van der Waals surface area contributed by atoms with E-state index in [1.165, 1.54) is 0 Å². The molecule has 0 unspecified atom stereocenters. The molecule has 1 saturated carbocycles. The Balaban J connectivity index is 2.39. The minimum atomic E-state index is -4.54. The molecule has 1 fully saturated rings. The molecule has 1 rings (SSSR count). The fourth-order valence-corrected chi connectivity index (χ4v) is 1.99. The standard InChI is InChI=1S/C11H15F3N2O4/c12-11(13,14)6-15-7(17)4-8(18)16-10(2-1-3-10)5-9(19)20/h1-6H2,(H,15,17)(H,16,18)(H,19,20). The third-order valence-corrected chi connectivity index (χ3v) is 3.01. The largest absolute Gasteiger partial charge is 0.481 e. The Hall–Kier alpha value is -1.80. The van der Waals surface area contributed by atoms with E-state index in [1.807, 2.05) is 0 Å². The van der Waals surface area contributed by atoms with Gasteiger partial charge in [0.05, 0.1) is 12.0 Å². The van der Waals surface area contributed by atoms with Gasteiger partial charge >= 0.3 is 12.1 Å². The van der Waals surface area contributed by atoms with E-state index < -0.39 is 42.5 Å². The van der Waals surface area contributed by atoms with Crippen LogP contribution in [0.5, 0.6) is 0 Å². The highest BCUT2D eigenvalue weighted by Crippen LogP contribution is 2.34. The molecule has 2 amide bonds. The smallest absolute Gasteiger partial charge is 0.405 e. The number of hydrogen-bond acceptors (Lipinski definition) is 3. The van der Waals surface area contributed by atoms with Crippen molar-refractivity contribution in [3.63, 3.8) is 0 Å². The number of nitrogens with one attached hydrogen (secondary N) is 2. The minimum absolute atomic E-state index is 0.261. The van der Waals surface area contributed by atoms with Crippen molar-refractivity contribution in [1.82, 2.24) is 10.6 Å². The van der Waals surface area contributed by atoms with Crippen LogP contribution in [0.25, 0.3) is 0 Å². The second-order valence-electron chi connectivity index (χ2n) is 4.82. The summed E-state index contributed by atoms with van der Waals surface area (Å²) in [7, 11) is 0. The van der Waals surface area contributed by atoms with Crippen LogP contribution in [0.2, 0.25) is 0 Å². The van der Waals surface area contributed by atoms with E-state index in [1.54, 1.807) is 5.32 Å². The Morgan fingerprint density at radius 3 is 2.15 bits per heavy atom. The van der Waals surface area contributed by atoms with Crippen molar-refractivity contribution < 1.29 is 32.7 Å². The van der Waals surface area contributed by atoms with Crippen molar-refractivity contribution in [3.05, 3.63) is 0 Å². The predicted molar refractivity (Wildman–Crippen MR) is 60.7 cm³/mol. The van der Waals surface area contributed by atoms with Crippen LogP contribution in [0, 0.1) is 0 Å². The number of aliphatic carboxylic acids is 1. The average molecular weight is 296 g/mol. The van der Waals surface area contributed by atoms with E-state index >= 15 is 0 Å². The second kappa shape index (κ2) is 6.10. The van der Waals surface area contributed by atoms with Gasteiger partial charge in [0, 0.05) is 0 Å². The number of rotatable bonds is 6. The molecule has 0 saturated heterocycles. The highest BCUT2D eigenvalue weighted by atomic mass is 19.4. The summed E-state index contributed by atoms with van der Waals surface area (Å²) in [5.74, 6) is -2.90. The van der Waals surface area contributed by atoms with Gasteiger partial charge in [-0.15, -0.1) is 0 Å². The zero-order valence-corrected chi connectivity index (χ0v) is 10.5. The number of amides is 2. The van der Waals surface area contributed by atoms with E-state index in [9.17, 15) is 27.6 Å². The van der Waals surface area contributed by atoms with Crippen molar-refractivity contribution in [2.75, 3.05) is 6.54 Å². The number of halogens is 3. The molecule has 0 bridgehead atoms. The fourth-order valence-electron chi connectivity index (χ4n) is 1.99. The molecule has 1 aliphatic carbocycles. The first kappa shape index (κ1) is 16.3. The van der Waals surface area contributed by atoms with Gasteiger partial charge in [0.15, 0.2) is 0 Å². The predicted octanol–water partition coefficient (Wildman–Crippen LogP) is 0.569. The number of hydrogen-bond donors (Lipinski definition) is 3. The molecule has 20 heavy (non-hydrogen) atoms. The first-order valence-corrected chi connectivity index (χ1v) is 5.98. The number of carboxylic acid groups (broad SMARTS) is 1. The van der Waals surface area contributed by atoms with Crippen molar-refractivity contribution in [2.24, 2.45) is 0 Å². The zero-order valence-electron chi connectivity index (χ0n) is 10.5. The molecule has 0 aromatic heterocycles. The van der Waals surface area contributed by atoms with Crippen LogP contribution in [0.4, 0.5) is 13.2 Å². The Morgan fingerprint density at radius 2 is 1.75 bits per heavy atom. The van der Waals surface area contributed by atoms with Crippen LogP contribution in [-0.2, 0) is 14.4 Å². The second-order valence-corrected chi connectivity index (χ2v) is 4.82. The number of carbonyl (C=O) groups is 3. The molecule has 3 N–H and O–H groups in total. The summed E-state index contributed by atoms with van der Waals surface area (Å²) in [6.07, 6.45) is -3.83. The SMILES string of the molecule is O=C(O)CC1(NC(=O)CC(=O)NCC(F)(F)F)CCC1. The van der Waals surface area contributed by atoms with Crippen molar-refractivity contribution >= 4 is 17.8 Å². The maximum atomic E-state index is 11.9. The van der Waals surface area contributed by atoms with Crippen molar-refractivity contribution in [1.29, 1.82) is 0 Å². The lowest BCUT2D eigenvalue weighted by atomic mass is 9.74. The van der Waals surface area contributed by atoms with Crippen molar-refractivity contribution in [3.8, 4) is 0 Å². The lowest BCUT2D eigenvalue weighted by Gasteiger charge is -2.41. The molecule has 0 aromatic rings. The first-order chi connectivity index (χ1) is 9.12. The highest BCUT2D eigenvalue weighted by molar-refractivity contribution is 5.97. The molecule has 0 aliphatic heterocycles. The molecule has 0 radical (unpaired) electrons. The zero-order chi connectivity index (χ0) is 15.4. The molecule has 114 valence electrons. The summed E-state index contributed by atoms with van der Waals surface area (Å²) in [5, 5.41) is 12.7. The van der Waals surface area contributed by atoms with Gasteiger partial charge in [0.25, 0.3) is 0 Å². The molecule has 6 nitrogen and oxygen atoms in total. The van der Waals surface area contributed by atoms with Gasteiger partial charge in [-0.2, -0.15) is 13.2 Å². The quantitative estimate of drug-likeness (QED) is 0.624. The Bertz CT molecular complexity index is 405. The average Bonchev–Trinajstić information content (AvgIpc) is 2.21. The van der Waals surface area contributed by atoms with Crippen molar-refractivity contribution in [2.45, 2.75) is 43.8 Å². The number of carboxylic acids is 1. The van der Waals surface area contributed by atoms with Gasteiger partial charge in [-0.1, -0.05) is 0 Å². The topological polar surface area (TPSA) is 95.5 Å². The Labute approximate surface area is 112 Å². The van der Waals surface area contributed by atoms with E-state index in [2.05, 4.69) is 5.32 Å². The maximum Gasteiger partial charge on any atom is 0.405 e. The third-order valence-electron chi connectivity index (χ3n) is 3.01. The van der Waals surface area contributed by atoms with Gasteiger partial charge in [0.2, 0.25) is 11.8 Å². The monoisotopic (exact) mass is 296 g/mol. The van der Waals surface area contributed by atoms with E-state index in [0.717, 1.165) is 6.42 Å². The van der Waals surface area contributed by atoms with Gasteiger partial charge in [-0.25, -0.2) is 0 Å². The maximum absolute atomic E-state index is 11.9.